The summed E-state index contributed by atoms with van der Waals surface area (Å²) in [7, 11) is 1.86. The molecule has 0 unspecified atom stereocenters. The third kappa shape index (κ3) is 4.95. The first-order valence-corrected chi connectivity index (χ1v) is 9.83. The lowest BCUT2D eigenvalue weighted by Gasteiger charge is -2.28. The van der Waals surface area contributed by atoms with Gasteiger partial charge in [0.05, 0.1) is 11.2 Å². The van der Waals surface area contributed by atoms with Gasteiger partial charge in [0.15, 0.2) is 0 Å². The van der Waals surface area contributed by atoms with Crippen LogP contribution < -0.4 is 5.73 Å². The van der Waals surface area contributed by atoms with Crippen molar-refractivity contribution in [1.82, 2.24) is 15.1 Å². The number of unbranched alkanes of at least 4 members (excludes halogenated alkanes) is 2. The van der Waals surface area contributed by atoms with E-state index in [0.717, 1.165) is 74.9 Å². The number of halogens is 1. The van der Waals surface area contributed by atoms with E-state index in [9.17, 15) is 9.18 Å². The molecule has 1 aliphatic rings. The SMILES string of the molecule is CN(CCCCCc1cc(-c2ccc(F)cc2)n[nH]1)C(=O)C1(N)CCCC1. The standard InChI is InChI=1S/C21H29FN4O/c1-26(20(27)21(23)12-4-5-13-21)14-6-2-3-7-18-15-19(25-24-18)16-8-10-17(22)11-9-16/h8-11,15H,2-7,12-14,23H2,1H3,(H,24,25). The molecule has 5 nitrogen and oxygen atoms in total. The van der Waals surface area contributed by atoms with Crippen LogP contribution in [0, 0.1) is 5.82 Å². The third-order valence-electron chi connectivity index (χ3n) is 5.48. The lowest BCUT2D eigenvalue weighted by Crippen LogP contribution is -2.52. The van der Waals surface area contributed by atoms with Gasteiger partial charge in [0.1, 0.15) is 5.82 Å². The molecule has 1 aromatic carbocycles. The van der Waals surface area contributed by atoms with Gasteiger partial charge >= 0.3 is 0 Å². The molecule has 1 aliphatic carbocycles. The fourth-order valence-electron chi connectivity index (χ4n) is 3.80. The fraction of sp³-hybridized carbons (Fsp3) is 0.524. The molecule has 1 aromatic heterocycles. The zero-order valence-electron chi connectivity index (χ0n) is 16.0. The summed E-state index contributed by atoms with van der Waals surface area (Å²) in [6.07, 6.45) is 7.68. The molecule has 0 spiro atoms. The molecule has 1 fully saturated rings. The van der Waals surface area contributed by atoms with Crippen molar-refractivity contribution in [2.45, 2.75) is 56.9 Å². The van der Waals surface area contributed by atoms with Crippen molar-refractivity contribution in [3.05, 3.63) is 41.8 Å². The number of rotatable bonds is 8. The Bertz CT molecular complexity index is 750. The number of aromatic nitrogens is 2. The number of nitrogens with zero attached hydrogens (tertiary/aromatic N) is 2. The number of nitrogens with two attached hydrogens (primary N) is 1. The molecule has 0 saturated heterocycles. The number of benzene rings is 1. The first-order chi connectivity index (χ1) is 13.0. The van der Waals surface area contributed by atoms with E-state index in [0.29, 0.717) is 0 Å². The average molecular weight is 372 g/mol. The number of hydrogen-bond donors (Lipinski definition) is 2. The van der Waals surface area contributed by atoms with E-state index in [1.807, 2.05) is 13.1 Å². The molecular weight excluding hydrogens is 343 g/mol. The lowest BCUT2D eigenvalue weighted by atomic mass is 9.97. The van der Waals surface area contributed by atoms with Crippen LogP contribution in [0.2, 0.25) is 0 Å². The number of aryl methyl sites for hydroxylation is 1. The monoisotopic (exact) mass is 372 g/mol. The van der Waals surface area contributed by atoms with E-state index in [4.69, 9.17) is 5.73 Å². The molecule has 1 amide bonds. The quantitative estimate of drug-likeness (QED) is 0.695. The van der Waals surface area contributed by atoms with E-state index >= 15 is 0 Å². The highest BCUT2D eigenvalue weighted by Gasteiger charge is 2.38. The van der Waals surface area contributed by atoms with E-state index < -0.39 is 5.54 Å². The maximum Gasteiger partial charge on any atom is 0.242 e. The minimum Gasteiger partial charge on any atom is -0.344 e. The Morgan fingerprint density at radius 2 is 1.93 bits per heavy atom. The van der Waals surface area contributed by atoms with Gasteiger partial charge in [-0.1, -0.05) is 19.3 Å². The van der Waals surface area contributed by atoms with Gasteiger partial charge in [0, 0.05) is 24.8 Å². The number of amides is 1. The Hall–Kier alpha value is -2.21. The van der Waals surface area contributed by atoms with Crippen LogP contribution in [0.25, 0.3) is 11.3 Å². The van der Waals surface area contributed by atoms with Crippen LogP contribution in [0.4, 0.5) is 4.39 Å². The minimum absolute atomic E-state index is 0.0949. The van der Waals surface area contributed by atoms with Gasteiger partial charge < -0.3 is 10.6 Å². The zero-order valence-corrected chi connectivity index (χ0v) is 16.0. The van der Waals surface area contributed by atoms with Gasteiger partial charge in [0.2, 0.25) is 5.91 Å². The number of nitrogens with one attached hydrogen (secondary N) is 1. The van der Waals surface area contributed by atoms with Gasteiger partial charge in [-0.3, -0.25) is 9.89 Å². The van der Waals surface area contributed by atoms with E-state index in [2.05, 4.69) is 10.2 Å². The van der Waals surface area contributed by atoms with Crippen molar-refractivity contribution in [2.75, 3.05) is 13.6 Å². The molecule has 1 saturated carbocycles. The normalized spacial score (nSPS) is 15.8. The summed E-state index contributed by atoms with van der Waals surface area (Å²) in [5.41, 5.74) is 8.43. The molecule has 2 aromatic rings. The highest BCUT2D eigenvalue weighted by Crippen LogP contribution is 2.28. The molecule has 27 heavy (non-hydrogen) atoms. The molecule has 1 heterocycles. The van der Waals surface area contributed by atoms with Crippen LogP contribution in [0.5, 0.6) is 0 Å². The molecule has 0 radical (unpaired) electrons. The maximum absolute atomic E-state index is 13.0. The summed E-state index contributed by atoms with van der Waals surface area (Å²) in [6.45, 7) is 0.752. The molecule has 6 heteroatoms. The number of aromatic amines is 1. The molecule has 3 N–H and O–H groups in total. The van der Waals surface area contributed by atoms with Crippen LogP contribution in [-0.2, 0) is 11.2 Å². The molecule has 3 rings (SSSR count). The van der Waals surface area contributed by atoms with Crippen LogP contribution in [0.1, 0.15) is 50.6 Å². The van der Waals surface area contributed by atoms with Crippen molar-refractivity contribution in [3.63, 3.8) is 0 Å². The van der Waals surface area contributed by atoms with Crippen LogP contribution in [0.3, 0.4) is 0 Å². The van der Waals surface area contributed by atoms with Crippen LogP contribution >= 0.6 is 0 Å². The molecule has 0 aliphatic heterocycles. The van der Waals surface area contributed by atoms with Gasteiger partial charge in [-0.2, -0.15) is 5.10 Å². The largest absolute Gasteiger partial charge is 0.344 e. The smallest absolute Gasteiger partial charge is 0.242 e. The first-order valence-electron chi connectivity index (χ1n) is 9.83. The highest BCUT2D eigenvalue weighted by molar-refractivity contribution is 5.86. The fourth-order valence-corrected chi connectivity index (χ4v) is 3.80. The molecular formula is C21H29FN4O. The molecule has 0 atom stereocenters. The van der Waals surface area contributed by atoms with E-state index in [1.165, 1.54) is 12.1 Å². The molecule has 146 valence electrons. The lowest BCUT2D eigenvalue weighted by molar-refractivity contribution is -0.135. The van der Waals surface area contributed by atoms with Crippen molar-refractivity contribution in [1.29, 1.82) is 0 Å². The average Bonchev–Trinajstić information content (AvgIpc) is 3.31. The Balaban J connectivity index is 1.38. The van der Waals surface area contributed by atoms with Crippen molar-refractivity contribution in [3.8, 4) is 11.3 Å². The maximum atomic E-state index is 13.0. The number of hydrogen-bond acceptors (Lipinski definition) is 3. The Labute approximate surface area is 160 Å². The zero-order chi connectivity index (χ0) is 19.3. The number of H-pyrrole nitrogens is 1. The summed E-state index contributed by atoms with van der Waals surface area (Å²) >= 11 is 0. The topological polar surface area (TPSA) is 75.0 Å². The third-order valence-corrected chi connectivity index (χ3v) is 5.48. The van der Waals surface area contributed by atoms with Gasteiger partial charge in [-0.05, 0) is 62.4 Å². The van der Waals surface area contributed by atoms with Crippen molar-refractivity contribution in [2.24, 2.45) is 5.73 Å². The van der Waals surface area contributed by atoms with Gasteiger partial charge in [0.25, 0.3) is 0 Å². The summed E-state index contributed by atoms with van der Waals surface area (Å²) in [5.74, 6) is -0.149. The van der Waals surface area contributed by atoms with Gasteiger partial charge in [-0.15, -0.1) is 0 Å². The number of carbonyl (C=O) groups is 1. The van der Waals surface area contributed by atoms with Crippen LogP contribution in [-0.4, -0.2) is 40.1 Å². The second-order valence-electron chi connectivity index (χ2n) is 7.69. The van der Waals surface area contributed by atoms with E-state index in [-0.39, 0.29) is 11.7 Å². The summed E-state index contributed by atoms with van der Waals surface area (Å²) in [5, 5.41) is 7.36. The van der Waals surface area contributed by atoms with Crippen molar-refractivity contribution < 1.29 is 9.18 Å². The number of carbonyl (C=O) groups excluding carboxylic acids is 1. The minimum atomic E-state index is -0.624. The Morgan fingerprint density at radius 1 is 1.22 bits per heavy atom. The van der Waals surface area contributed by atoms with Crippen molar-refractivity contribution >= 4 is 5.91 Å². The summed E-state index contributed by atoms with van der Waals surface area (Å²) in [6, 6.07) is 8.37. The second kappa shape index (κ2) is 8.65. The molecule has 0 bridgehead atoms. The summed E-state index contributed by atoms with van der Waals surface area (Å²) in [4.78, 5) is 14.3. The van der Waals surface area contributed by atoms with Crippen LogP contribution in [0.15, 0.2) is 30.3 Å². The summed E-state index contributed by atoms with van der Waals surface area (Å²) < 4.78 is 13.0. The predicted molar refractivity (Wildman–Crippen MR) is 105 cm³/mol. The Kier molecular flexibility index (Phi) is 6.26. The number of likely N-dealkylation sites (N-methyl/N-ethyl adjacent to an activating group) is 1. The second-order valence-corrected chi connectivity index (χ2v) is 7.69. The van der Waals surface area contributed by atoms with Gasteiger partial charge in [-0.25, -0.2) is 4.39 Å². The highest BCUT2D eigenvalue weighted by atomic mass is 19.1. The van der Waals surface area contributed by atoms with E-state index in [1.54, 1.807) is 17.0 Å². The predicted octanol–water partition coefficient (Wildman–Crippen LogP) is 3.66. The first kappa shape index (κ1) is 19.5. The Morgan fingerprint density at radius 3 is 2.63 bits per heavy atom.